The van der Waals surface area contributed by atoms with E-state index in [-0.39, 0.29) is 5.91 Å². The highest BCUT2D eigenvalue weighted by molar-refractivity contribution is 14.1. The summed E-state index contributed by atoms with van der Waals surface area (Å²) in [5.74, 6) is 0.400. The second-order valence-corrected chi connectivity index (χ2v) is 5.43. The molecule has 0 saturated carbocycles. The first-order valence-electron chi connectivity index (χ1n) is 6.03. The molecule has 104 valence electrons. The van der Waals surface area contributed by atoms with E-state index in [0.29, 0.717) is 22.7 Å². The highest BCUT2D eigenvalue weighted by Crippen LogP contribution is 2.27. The number of rotatable bonds is 3. The van der Waals surface area contributed by atoms with Gasteiger partial charge in [0.15, 0.2) is 0 Å². The first-order valence-corrected chi connectivity index (χ1v) is 7.10. The third-order valence-corrected chi connectivity index (χ3v) is 4.34. The van der Waals surface area contributed by atoms with Crippen LogP contribution in [0.25, 0.3) is 0 Å². The molecule has 0 aliphatic rings. The van der Waals surface area contributed by atoms with Crippen LogP contribution in [0.1, 0.15) is 15.9 Å². The fraction of sp³-hybridized carbons (Fsp3) is 0.133. The fourth-order valence-electron chi connectivity index (χ4n) is 1.84. The fourth-order valence-corrected chi connectivity index (χ4v) is 2.44. The molecule has 5 heteroatoms. The maximum atomic E-state index is 12.4. The number of hydrogen-bond donors (Lipinski definition) is 2. The van der Waals surface area contributed by atoms with E-state index in [1.165, 1.54) is 0 Å². The van der Waals surface area contributed by atoms with E-state index in [0.717, 1.165) is 9.13 Å². The molecule has 0 unspecified atom stereocenters. The molecule has 0 bridgehead atoms. The Morgan fingerprint density at radius 1 is 1.30 bits per heavy atom. The van der Waals surface area contributed by atoms with Crippen LogP contribution in [0.4, 0.5) is 11.4 Å². The van der Waals surface area contributed by atoms with Gasteiger partial charge in [0.25, 0.3) is 5.91 Å². The Bertz CT molecular complexity index is 656. The minimum atomic E-state index is -0.179. The number of nitrogen functional groups attached to an aromatic ring is 1. The number of ether oxygens (including phenoxy) is 1. The summed E-state index contributed by atoms with van der Waals surface area (Å²) >= 11 is 2.17. The van der Waals surface area contributed by atoms with Crippen molar-refractivity contribution >= 4 is 39.9 Å². The predicted octanol–water partition coefficient (Wildman–Crippen LogP) is 3.44. The van der Waals surface area contributed by atoms with Crippen LogP contribution >= 0.6 is 22.6 Å². The van der Waals surface area contributed by atoms with Crippen molar-refractivity contribution in [2.24, 2.45) is 0 Å². The van der Waals surface area contributed by atoms with Gasteiger partial charge in [0, 0.05) is 9.26 Å². The number of amides is 1. The molecular formula is C15H15IN2O2. The van der Waals surface area contributed by atoms with Gasteiger partial charge in [-0.2, -0.15) is 0 Å². The summed E-state index contributed by atoms with van der Waals surface area (Å²) in [5.41, 5.74) is 8.58. The Kier molecular flexibility index (Phi) is 4.49. The van der Waals surface area contributed by atoms with Gasteiger partial charge in [-0.1, -0.05) is 12.1 Å². The first-order chi connectivity index (χ1) is 9.52. The van der Waals surface area contributed by atoms with Crippen LogP contribution in [0.2, 0.25) is 0 Å². The highest BCUT2D eigenvalue weighted by atomic mass is 127. The number of nitrogens with two attached hydrogens (primary N) is 1. The van der Waals surface area contributed by atoms with Crippen molar-refractivity contribution in [2.45, 2.75) is 6.92 Å². The summed E-state index contributed by atoms with van der Waals surface area (Å²) in [5, 5.41) is 2.84. The number of nitrogens with one attached hydrogen (secondary N) is 1. The van der Waals surface area contributed by atoms with Gasteiger partial charge in [0.05, 0.1) is 18.4 Å². The normalized spacial score (nSPS) is 10.2. The molecule has 2 aromatic rings. The van der Waals surface area contributed by atoms with Gasteiger partial charge < -0.3 is 15.8 Å². The van der Waals surface area contributed by atoms with E-state index in [2.05, 4.69) is 27.9 Å². The van der Waals surface area contributed by atoms with Crippen LogP contribution in [-0.4, -0.2) is 13.0 Å². The molecule has 20 heavy (non-hydrogen) atoms. The van der Waals surface area contributed by atoms with Crippen molar-refractivity contribution in [2.75, 3.05) is 18.2 Å². The highest BCUT2D eigenvalue weighted by Gasteiger charge is 2.13. The number of carbonyl (C=O) groups is 1. The zero-order chi connectivity index (χ0) is 14.7. The standard InChI is InChI=1S/C15H15IN2O2/c1-9-4-3-5-11(14(9)16)15(19)18-12-8-10(17)6-7-13(12)20-2/h3-8H,17H2,1-2H3,(H,18,19). The number of aryl methyl sites for hydroxylation is 1. The van der Waals surface area contributed by atoms with Gasteiger partial charge in [-0.3, -0.25) is 4.79 Å². The Morgan fingerprint density at radius 3 is 2.75 bits per heavy atom. The smallest absolute Gasteiger partial charge is 0.256 e. The Hall–Kier alpha value is -1.76. The molecule has 4 nitrogen and oxygen atoms in total. The largest absolute Gasteiger partial charge is 0.495 e. The van der Waals surface area contributed by atoms with Crippen molar-refractivity contribution in [3.63, 3.8) is 0 Å². The molecule has 0 radical (unpaired) electrons. The van der Waals surface area contributed by atoms with E-state index >= 15 is 0 Å². The van der Waals surface area contributed by atoms with E-state index in [9.17, 15) is 4.79 Å². The third kappa shape index (κ3) is 3.04. The second-order valence-electron chi connectivity index (χ2n) is 4.35. The lowest BCUT2D eigenvalue weighted by molar-refractivity contribution is 0.102. The van der Waals surface area contributed by atoms with Crippen LogP contribution in [0, 0.1) is 10.5 Å². The van der Waals surface area contributed by atoms with Gasteiger partial charge in [-0.05, 0) is 59.3 Å². The van der Waals surface area contributed by atoms with Crippen LogP contribution < -0.4 is 15.8 Å². The summed E-state index contributed by atoms with van der Waals surface area (Å²) in [4.78, 5) is 12.4. The van der Waals surface area contributed by atoms with Gasteiger partial charge in [0.1, 0.15) is 5.75 Å². The van der Waals surface area contributed by atoms with E-state index in [4.69, 9.17) is 10.5 Å². The summed E-state index contributed by atoms with van der Waals surface area (Å²) in [7, 11) is 1.55. The maximum Gasteiger partial charge on any atom is 0.256 e. The van der Waals surface area contributed by atoms with Gasteiger partial charge in [0.2, 0.25) is 0 Å². The Morgan fingerprint density at radius 2 is 2.05 bits per heavy atom. The lowest BCUT2D eigenvalue weighted by Crippen LogP contribution is -2.14. The number of hydrogen-bond acceptors (Lipinski definition) is 3. The summed E-state index contributed by atoms with van der Waals surface area (Å²) in [6.07, 6.45) is 0. The number of methoxy groups -OCH3 is 1. The molecule has 3 N–H and O–H groups in total. The zero-order valence-electron chi connectivity index (χ0n) is 11.2. The average Bonchev–Trinajstić information content (AvgIpc) is 2.42. The van der Waals surface area contributed by atoms with Gasteiger partial charge >= 0.3 is 0 Å². The number of anilines is 2. The monoisotopic (exact) mass is 382 g/mol. The van der Waals surface area contributed by atoms with E-state index in [1.54, 1.807) is 31.4 Å². The predicted molar refractivity (Wildman–Crippen MR) is 89.3 cm³/mol. The molecule has 1 amide bonds. The lowest BCUT2D eigenvalue weighted by Gasteiger charge is -2.12. The molecule has 0 spiro atoms. The lowest BCUT2D eigenvalue weighted by atomic mass is 10.1. The van der Waals surface area contributed by atoms with Crippen LogP contribution in [-0.2, 0) is 0 Å². The van der Waals surface area contributed by atoms with Crippen molar-refractivity contribution in [1.29, 1.82) is 0 Å². The topological polar surface area (TPSA) is 64.3 Å². The Balaban J connectivity index is 2.32. The molecule has 0 heterocycles. The summed E-state index contributed by atoms with van der Waals surface area (Å²) < 4.78 is 6.15. The molecule has 0 fully saturated rings. The number of benzene rings is 2. The van der Waals surface area contributed by atoms with Crippen molar-refractivity contribution in [3.8, 4) is 5.75 Å². The molecule has 0 aliphatic carbocycles. The third-order valence-electron chi connectivity index (χ3n) is 2.91. The molecule has 0 atom stereocenters. The van der Waals surface area contributed by atoms with Gasteiger partial charge in [-0.25, -0.2) is 0 Å². The Labute approximate surface area is 131 Å². The van der Waals surface area contributed by atoms with Crippen molar-refractivity contribution in [1.82, 2.24) is 0 Å². The van der Waals surface area contributed by atoms with Gasteiger partial charge in [-0.15, -0.1) is 0 Å². The van der Waals surface area contributed by atoms with Crippen LogP contribution in [0.3, 0.4) is 0 Å². The quantitative estimate of drug-likeness (QED) is 0.632. The molecular weight excluding hydrogens is 367 g/mol. The number of halogens is 1. The molecule has 0 aromatic heterocycles. The second kappa shape index (κ2) is 6.13. The van der Waals surface area contributed by atoms with Crippen LogP contribution in [0.5, 0.6) is 5.75 Å². The van der Waals surface area contributed by atoms with Crippen molar-refractivity contribution < 1.29 is 9.53 Å². The molecule has 2 aromatic carbocycles. The van der Waals surface area contributed by atoms with Crippen LogP contribution in [0.15, 0.2) is 36.4 Å². The maximum absolute atomic E-state index is 12.4. The minimum Gasteiger partial charge on any atom is -0.495 e. The SMILES string of the molecule is COc1ccc(N)cc1NC(=O)c1cccc(C)c1I. The summed E-state index contributed by atoms with van der Waals surface area (Å²) in [6, 6.07) is 10.8. The number of carbonyl (C=O) groups excluding carboxylic acids is 1. The van der Waals surface area contributed by atoms with E-state index in [1.807, 2.05) is 19.1 Å². The molecule has 0 aliphatic heterocycles. The molecule has 2 rings (SSSR count). The molecule has 0 saturated heterocycles. The first kappa shape index (κ1) is 14.6. The average molecular weight is 382 g/mol. The zero-order valence-corrected chi connectivity index (χ0v) is 13.4. The van der Waals surface area contributed by atoms with E-state index < -0.39 is 0 Å². The minimum absolute atomic E-state index is 0.179. The van der Waals surface area contributed by atoms with Crippen molar-refractivity contribution in [3.05, 3.63) is 51.1 Å². The summed E-state index contributed by atoms with van der Waals surface area (Å²) in [6.45, 7) is 1.97.